The van der Waals surface area contributed by atoms with E-state index < -0.39 is 21.9 Å². The van der Waals surface area contributed by atoms with E-state index in [1.807, 2.05) is 0 Å². The number of ether oxygens (including phenoxy) is 1. The van der Waals surface area contributed by atoms with E-state index in [0.717, 1.165) is 44.7 Å². The monoisotopic (exact) mass is 433 g/mol. The van der Waals surface area contributed by atoms with Crippen LogP contribution in [0.15, 0.2) is 17.0 Å². The largest absolute Gasteiger partial charge is 0.433 e. The highest BCUT2D eigenvalue weighted by molar-refractivity contribution is 7.89. The minimum absolute atomic E-state index is 0.114. The van der Waals surface area contributed by atoms with Gasteiger partial charge in [-0.15, -0.1) is 0 Å². The number of fused-ring (bicyclic) bond motifs is 2. The molecule has 0 aliphatic carbocycles. The van der Waals surface area contributed by atoms with E-state index in [9.17, 15) is 21.6 Å². The van der Waals surface area contributed by atoms with Crippen molar-refractivity contribution >= 4 is 10.0 Å². The van der Waals surface area contributed by atoms with Gasteiger partial charge in [0.15, 0.2) is 0 Å². The van der Waals surface area contributed by atoms with Crippen LogP contribution in [0.3, 0.4) is 0 Å². The van der Waals surface area contributed by atoms with Crippen molar-refractivity contribution in [2.45, 2.75) is 68.7 Å². The number of nitrogens with one attached hydrogen (secondary N) is 1. The first-order valence-corrected chi connectivity index (χ1v) is 11.3. The summed E-state index contributed by atoms with van der Waals surface area (Å²) >= 11 is 0. The highest BCUT2D eigenvalue weighted by Crippen LogP contribution is 2.41. The lowest BCUT2D eigenvalue weighted by Gasteiger charge is -2.42. The average molecular weight is 433 g/mol. The van der Waals surface area contributed by atoms with E-state index in [0.29, 0.717) is 12.8 Å². The standard InChI is InChI=1S/C19H26F3N3O3S/c1-12-16(5-6-17(24-12)19(20,21)22)29(26,27)25-14-3-4-15(25)8-13(7-14)23-9-18(2)10-28-11-18/h5-6,13-15,23H,3-4,7-11H2,1-2H3/t13-,14+,15-. The predicted octanol–water partition coefficient (Wildman–Crippen LogP) is 2.72. The molecule has 1 N–H and O–H groups in total. The van der Waals surface area contributed by atoms with Gasteiger partial charge in [0.25, 0.3) is 0 Å². The number of rotatable bonds is 5. The molecule has 3 fully saturated rings. The minimum Gasteiger partial charge on any atom is -0.380 e. The van der Waals surface area contributed by atoms with E-state index in [1.165, 1.54) is 11.2 Å². The van der Waals surface area contributed by atoms with Crippen LogP contribution in [0.5, 0.6) is 0 Å². The van der Waals surface area contributed by atoms with Gasteiger partial charge in [-0.1, -0.05) is 6.92 Å². The molecule has 1 aromatic heterocycles. The Morgan fingerprint density at radius 2 is 1.86 bits per heavy atom. The fourth-order valence-corrected chi connectivity index (χ4v) is 6.78. The Hall–Kier alpha value is -1.23. The molecule has 162 valence electrons. The summed E-state index contributed by atoms with van der Waals surface area (Å²) in [7, 11) is -3.90. The molecule has 10 heteroatoms. The van der Waals surface area contributed by atoms with Crippen LogP contribution in [0.2, 0.25) is 0 Å². The van der Waals surface area contributed by atoms with Gasteiger partial charge in [0.2, 0.25) is 10.0 Å². The van der Waals surface area contributed by atoms with Crippen molar-refractivity contribution in [2.75, 3.05) is 19.8 Å². The SMILES string of the molecule is Cc1nc(C(F)(F)F)ccc1S(=O)(=O)N1[C@@H]2CC[C@H]1C[C@@H](NCC1(C)COC1)C2. The topological polar surface area (TPSA) is 71.5 Å². The van der Waals surface area contributed by atoms with Gasteiger partial charge in [0.1, 0.15) is 10.6 Å². The van der Waals surface area contributed by atoms with Crippen molar-refractivity contribution in [3.8, 4) is 0 Å². The molecule has 1 aromatic rings. The number of aromatic nitrogens is 1. The van der Waals surface area contributed by atoms with Gasteiger partial charge < -0.3 is 10.1 Å². The number of alkyl halides is 3. The quantitative estimate of drug-likeness (QED) is 0.773. The molecule has 0 radical (unpaired) electrons. The highest BCUT2D eigenvalue weighted by atomic mass is 32.2. The Morgan fingerprint density at radius 1 is 1.24 bits per heavy atom. The summed E-state index contributed by atoms with van der Waals surface area (Å²) in [5.74, 6) is 0. The summed E-state index contributed by atoms with van der Waals surface area (Å²) in [5, 5.41) is 3.57. The summed E-state index contributed by atoms with van der Waals surface area (Å²) < 4.78 is 72.0. The lowest BCUT2D eigenvalue weighted by atomic mass is 9.87. The smallest absolute Gasteiger partial charge is 0.380 e. The van der Waals surface area contributed by atoms with Crippen LogP contribution in [0.25, 0.3) is 0 Å². The second-order valence-electron chi connectivity index (χ2n) is 8.85. The lowest BCUT2D eigenvalue weighted by Crippen LogP contribution is -2.55. The fourth-order valence-electron chi connectivity index (χ4n) is 4.73. The Bertz CT molecular complexity index is 872. The first kappa shape index (κ1) is 21.0. The molecule has 29 heavy (non-hydrogen) atoms. The van der Waals surface area contributed by atoms with E-state index in [4.69, 9.17) is 4.74 Å². The maximum Gasteiger partial charge on any atom is 0.433 e. The highest BCUT2D eigenvalue weighted by Gasteiger charge is 2.48. The van der Waals surface area contributed by atoms with E-state index in [2.05, 4.69) is 17.2 Å². The van der Waals surface area contributed by atoms with Crippen molar-refractivity contribution in [1.29, 1.82) is 0 Å². The molecular formula is C19H26F3N3O3S. The van der Waals surface area contributed by atoms with Gasteiger partial charge in [-0.05, 0) is 44.7 Å². The number of piperidine rings is 1. The summed E-state index contributed by atoms with van der Waals surface area (Å²) in [5.41, 5.74) is -1.05. The molecule has 0 amide bonds. The molecule has 4 rings (SSSR count). The van der Waals surface area contributed by atoms with Crippen molar-refractivity contribution in [3.63, 3.8) is 0 Å². The van der Waals surface area contributed by atoms with Gasteiger partial charge in [-0.2, -0.15) is 17.5 Å². The summed E-state index contributed by atoms with van der Waals surface area (Å²) in [4.78, 5) is 3.38. The number of pyridine rings is 1. The summed E-state index contributed by atoms with van der Waals surface area (Å²) in [6.45, 7) is 5.80. The number of nitrogens with zero attached hydrogens (tertiary/aromatic N) is 2. The van der Waals surface area contributed by atoms with Crippen LogP contribution in [0.1, 0.15) is 44.0 Å². The van der Waals surface area contributed by atoms with Crippen molar-refractivity contribution in [1.82, 2.24) is 14.6 Å². The molecule has 3 aliphatic rings. The molecule has 0 spiro atoms. The zero-order valence-corrected chi connectivity index (χ0v) is 17.3. The predicted molar refractivity (Wildman–Crippen MR) is 99.8 cm³/mol. The fraction of sp³-hybridized carbons (Fsp3) is 0.737. The Morgan fingerprint density at radius 3 is 2.34 bits per heavy atom. The summed E-state index contributed by atoms with van der Waals surface area (Å²) in [6, 6.07) is 1.76. The molecule has 0 saturated carbocycles. The molecule has 6 nitrogen and oxygen atoms in total. The van der Waals surface area contributed by atoms with Crippen LogP contribution in [0.4, 0.5) is 13.2 Å². The Balaban J connectivity index is 1.50. The van der Waals surface area contributed by atoms with Crippen molar-refractivity contribution in [2.24, 2.45) is 5.41 Å². The third kappa shape index (κ3) is 3.92. The third-order valence-electron chi connectivity index (χ3n) is 6.27. The number of hydrogen-bond donors (Lipinski definition) is 1. The lowest BCUT2D eigenvalue weighted by molar-refractivity contribution is -0.141. The van der Waals surface area contributed by atoms with Crippen LogP contribution in [-0.2, 0) is 20.9 Å². The number of aryl methyl sites for hydroxylation is 1. The van der Waals surface area contributed by atoms with Crippen LogP contribution < -0.4 is 5.32 Å². The van der Waals surface area contributed by atoms with Crippen molar-refractivity contribution < 1.29 is 26.3 Å². The Kier molecular flexibility index (Phi) is 5.20. The molecule has 0 unspecified atom stereocenters. The van der Waals surface area contributed by atoms with Gasteiger partial charge in [-0.25, -0.2) is 13.4 Å². The van der Waals surface area contributed by atoms with Gasteiger partial charge in [0.05, 0.1) is 18.9 Å². The number of sulfonamides is 1. The Labute approximate surface area is 168 Å². The molecule has 3 atom stereocenters. The minimum atomic E-state index is -4.60. The zero-order chi connectivity index (χ0) is 21.0. The van der Waals surface area contributed by atoms with Crippen LogP contribution in [-0.4, -0.2) is 55.6 Å². The maximum atomic E-state index is 13.3. The first-order chi connectivity index (χ1) is 13.5. The molecule has 0 aromatic carbocycles. The van der Waals surface area contributed by atoms with Gasteiger partial charge in [0, 0.05) is 30.1 Å². The van der Waals surface area contributed by atoms with E-state index in [1.54, 1.807) is 0 Å². The summed E-state index contributed by atoms with van der Waals surface area (Å²) in [6.07, 6.45) is -1.64. The number of halogens is 3. The van der Waals surface area contributed by atoms with Crippen LogP contribution in [0, 0.1) is 12.3 Å². The second-order valence-corrected chi connectivity index (χ2v) is 10.7. The molecule has 3 aliphatic heterocycles. The van der Waals surface area contributed by atoms with Crippen molar-refractivity contribution in [3.05, 3.63) is 23.5 Å². The van der Waals surface area contributed by atoms with E-state index in [-0.39, 0.29) is 34.1 Å². The molecule has 4 heterocycles. The molecular weight excluding hydrogens is 407 g/mol. The van der Waals surface area contributed by atoms with Gasteiger partial charge in [-0.3, -0.25) is 0 Å². The zero-order valence-electron chi connectivity index (χ0n) is 16.5. The van der Waals surface area contributed by atoms with E-state index >= 15 is 0 Å². The molecule has 3 saturated heterocycles. The first-order valence-electron chi connectivity index (χ1n) is 9.89. The normalized spacial score (nSPS) is 29.6. The van der Waals surface area contributed by atoms with Crippen LogP contribution >= 0.6 is 0 Å². The maximum absolute atomic E-state index is 13.3. The third-order valence-corrected chi connectivity index (χ3v) is 8.41. The second kappa shape index (κ2) is 7.18. The van der Waals surface area contributed by atoms with Gasteiger partial charge >= 0.3 is 6.18 Å². The molecule has 2 bridgehead atoms. The number of hydrogen-bond acceptors (Lipinski definition) is 5. The average Bonchev–Trinajstić information content (AvgIpc) is 2.89.